The Hall–Kier alpha value is -1.41. The van der Waals surface area contributed by atoms with Crippen LogP contribution in [-0.4, -0.2) is 49.2 Å². The van der Waals surface area contributed by atoms with Crippen molar-refractivity contribution < 1.29 is 23.8 Å². The van der Waals surface area contributed by atoms with Crippen LogP contribution in [0.15, 0.2) is 12.3 Å². The number of aromatic nitrogens is 2. The average molecular weight is 277 g/mol. The maximum absolute atomic E-state index is 12.6. The highest BCUT2D eigenvalue weighted by Gasteiger charge is 2.33. The van der Waals surface area contributed by atoms with E-state index < -0.39 is 11.9 Å². The molecule has 19 heavy (non-hydrogen) atoms. The van der Waals surface area contributed by atoms with Gasteiger partial charge in [-0.1, -0.05) is 0 Å². The van der Waals surface area contributed by atoms with Crippen LogP contribution in [0.25, 0.3) is 0 Å². The molecule has 5 nitrogen and oxygen atoms in total. The predicted molar refractivity (Wildman–Crippen MR) is 62.6 cm³/mol. The Bertz CT molecular complexity index is 415. The number of hydrogen-bond donors (Lipinski definition) is 2. The van der Waals surface area contributed by atoms with Crippen molar-refractivity contribution in [1.82, 2.24) is 9.97 Å². The van der Waals surface area contributed by atoms with Gasteiger partial charge in [0.1, 0.15) is 18.8 Å². The first kappa shape index (κ1) is 14.0. The number of nitrogens with zero attached hydrogens (tertiary/aromatic N) is 3. The monoisotopic (exact) mass is 277 g/mol. The quantitative estimate of drug-likeness (QED) is 0.703. The number of rotatable bonds is 3. The van der Waals surface area contributed by atoms with E-state index in [0.29, 0.717) is 13.1 Å². The highest BCUT2D eigenvalue weighted by molar-refractivity contribution is 5.31. The lowest BCUT2D eigenvalue weighted by Gasteiger charge is -2.31. The first-order valence-corrected chi connectivity index (χ1v) is 6.28. The van der Waals surface area contributed by atoms with Crippen molar-refractivity contribution in [3.8, 4) is 0 Å². The Labute approximate surface area is 109 Å². The molecule has 2 rings (SSSR count). The van der Waals surface area contributed by atoms with Gasteiger partial charge in [0, 0.05) is 6.20 Å². The van der Waals surface area contributed by atoms with Gasteiger partial charge in [-0.25, -0.2) is 9.97 Å². The molecule has 1 aliphatic heterocycles. The summed E-state index contributed by atoms with van der Waals surface area (Å²) >= 11 is 0. The second-order valence-electron chi connectivity index (χ2n) is 4.58. The molecule has 0 aliphatic carbocycles. The van der Waals surface area contributed by atoms with Crippen molar-refractivity contribution in [3.05, 3.63) is 18.0 Å². The lowest BCUT2D eigenvalue weighted by molar-refractivity contribution is -0.905. The van der Waals surface area contributed by atoms with Gasteiger partial charge < -0.3 is 15.5 Å². The van der Waals surface area contributed by atoms with Gasteiger partial charge in [-0.15, -0.1) is 0 Å². The first-order chi connectivity index (χ1) is 9.00. The van der Waals surface area contributed by atoms with Crippen molar-refractivity contribution in [2.45, 2.75) is 6.18 Å². The molecule has 1 aromatic heterocycles. The number of alkyl halides is 3. The standard InChI is InChI=1S/C11H16F3N5/c12-11(13,14)9-1-3-16-10(17-9)19-7-5-18(4-2-15)6-8-19/h1,3H,2,4-8,15H2/p+2. The van der Waals surface area contributed by atoms with Crippen molar-refractivity contribution in [2.24, 2.45) is 0 Å². The molecule has 0 aromatic carbocycles. The zero-order valence-corrected chi connectivity index (χ0v) is 10.6. The Kier molecular flexibility index (Phi) is 4.20. The summed E-state index contributed by atoms with van der Waals surface area (Å²) in [7, 11) is 0. The molecule has 1 aliphatic rings. The number of quaternary nitrogens is 2. The van der Waals surface area contributed by atoms with E-state index in [2.05, 4.69) is 15.7 Å². The van der Waals surface area contributed by atoms with E-state index >= 15 is 0 Å². The van der Waals surface area contributed by atoms with Gasteiger partial charge in [-0.2, -0.15) is 13.2 Å². The molecule has 0 atom stereocenters. The molecule has 0 saturated carbocycles. The van der Waals surface area contributed by atoms with Crippen LogP contribution in [0.5, 0.6) is 0 Å². The fourth-order valence-electron chi connectivity index (χ4n) is 2.18. The minimum atomic E-state index is -4.42. The summed E-state index contributed by atoms with van der Waals surface area (Å²) in [4.78, 5) is 10.8. The molecule has 106 valence electrons. The van der Waals surface area contributed by atoms with Gasteiger partial charge in [0.25, 0.3) is 0 Å². The second kappa shape index (κ2) is 5.70. The van der Waals surface area contributed by atoms with Crippen LogP contribution in [0.4, 0.5) is 19.1 Å². The first-order valence-electron chi connectivity index (χ1n) is 6.28. The molecular formula is C11H18F3N5+2. The summed E-state index contributed by atoms with van der Waals surface area (Å²) in [6.45, 7) is 4.99. The van der Waals surface area contributed by atoms with E-state index in [9.17, 15) is 13.2 Å². The van der Waals surface area contributed by atoms with Crippen LogP contribution in [-0.2, 0) is 6.18 Å². The topological polar surface area (TPSA) is 61.1 Å². The van der Waals surface area contributed by atoms with Gasteiger partial charge in [-0.05, 0) is 6.07 Å². The third kappa shape index (κ3) is 3.54. The van der Waals surface area contributed by atoms with E-state index in [1.807, 2.05) is 4.90 Å². The van der Waals surface area contributed by atoms with Crippen LogP contribution in [0.2, 0.25) is 0 Å². The van der Waals surface area contributed by atoms with Crippen LogP contribution in [0.1, 0.15) is 5.69 Å². The van der Waals surface area contributed by atoms with E-state index in [1.54, 1.807) is 0 Å². The summed E-state index contributed by atoms with van der Waals surface area (Å²) in [5.41, 5.74) is 2.93. The maximum Gasteiger partial charge on any atom is 0.433 e. The summed E-state index contributed by atoms with van der Waals surface area (Å²) in [5.74, 6) is 0.170. The van der Waals surface area contributed by atoms with Gasteiger partial charge >= 0.3 is 6.18 Å². The summed E-state index contributed by atoms with van der Waals surface area (Å²) in [6.07, 6.45) is -3.25. The molecular weight excluding hydrogens is 259 g/mol. The highest BCUT2D eigenvalue weighted by Crippen LogP contribution is 2.28. The smallest absolute Gasteiger partial charge is 0.353 e. The molecule has 2 heterocycles. The fraction of sp³-hybridized carbons (Fsp3) is 0.636. The number of hydrogen-bond acceptors (Lipinski definition) is 3. The van der Waals surface area contributed by atoms with Crippen LogP contribution >= 0.6 is 0 Å². The number of halogens is 3. The Morgan fingerprint density at radius 1 is 1.32 bits per heavy atom. The van der Waals surface area contributed by atoms with Crippen molar-refractivity contribution in [3.63, 3.8) is 0 Å². The van der Waals surface area contributed by atoms with Gasteiger partial charge in [0.2, 0.25) is 5.95 Å². The fourth-order valence-corrected chi connectivity index (χ4v) is 2.18. The van der Waals surface area contributed by atoms with Crippen LogP contribution in [0, 0.1) is 0 Å². The number of piperazine rings is 1. The molecule has 4 N–H and O–H groups in total. The van der Waals surface area contributed by atoms with Crippen LogP contribution < -0.4 is 15.5 Å². The van der Waals surface area contributed by atoms with Gasteiger partial charge in [0.05, 0.1) is 26.2 Å². The van der Waals surface area contributed by atoms with E-state index in [1.165, 1.54) is 11.1 Å². The van der Waals surface area contributed by atoms with E-state index in [4.69, 9.17) is 0 Å². The molecule has 0 bridgehead atoms. The Morgan fingerprint density at radius 2 is 2.00 bits per heavy atom. The minimum absolute atomic E-state index is 0.170. The summed E-state index contributed by atoms with van der Waals surface area (Å²) < 4.78 is 37.7. The Balaban J connectivity index is 2.03. The van der Waals surface area contributed by atoms with Gasteiger partial charge in [-0.3, -0.25) is 0 Å². The zero-order valence-electron chi connectivity index (χ0n) is 10.6. The summed E-state index contributed by atoms with van der Waals surface area (Å²) in [5, 5.41) is 0. The second-order valence-corrected chi connectivity index (χ2v) is 4.58. The number of anilines is 1. The minimum Gasteiger partial charge on any atom is -0.353 e. The third-order valence-corrected chi connectivity index (χ3v) is 3.22. The van der Waals surface area contributed by atoms with Crippen molar-refractivity contribution >= 4 is 5.95 Å². The van der Waals surface area contributed by atoms with Crippen molar-refractivity contribution in [2.75, 3.05) is 44.2 Å². The van der Waals surface area contributed by atoms with Crippen molar-refractivity contribution in [1.29, 1.82) is 0 Å². The van der Waals surface area contributed by atoms with E-state index in [-0.39, 0.29) is 5.95 Å². The largest absolute Gasteiger partial charge is 0.433 e. The Morgan fingerprint density at radius 3 is 2.58 bits per heavy atom. The van der Waals surface area contributed by atoms with Crippen LogP contribution in [0.3, 0.4) is 0 Å². The lowest BCUT2D eigenvalue weighted by Crippen LogP contribution is -3.16. The molecule has 1 aromatic rings. The SMILES string of the molecule is [NH3+]CC[NH+]1CCN(c2nccc(C(F)(F)F)n2)CC1. The molecule has 0 amide bonds. The predicted octanol–water partition coefficient (Wildman–Crippen LogP) is -1.56. The molecule has 0 spiro atoms. The maximum atomic E-state index is 12.6. The highest BCUT2D eigenvalue weighted by atomic mass is 19.4. The molecule has 0 radical (unpaired) electrons. The lowest BCUT2D eigenvalue weighted by atomic mass is 10.3. The zero-order chi connectivity index (χ0) is 13.9. The van der Waals surface area contributed by atoms with E-state index in [0.717, 1.165) is 32.2 Å². The molecule has 1 fully saturated rings. The van der Waals surface area contributed by atoms with Gasteiger partial charge in [0.15, 0.2) is 0 Å². The third-order valence-electron chi connectivity index (χ3n) is 3.22. The molecule has 8 heteroatoms. The normalized spacial score (nSPS) is 17.8. The number of nitrogens with one attached hydrogen (secondary N) is 1. The molecule has 1 saturated heterocycles. The molecule has 0 unspecified atom stereocenters. The summed E-state index contributed by atoms with van der Waals surface area (Å²) in [6, 6.07) is 0.897. The average Bonchev–Trinajstić information content (AvgIpc) is 2.39.